The third-order valence-corrected chi connectivity index (χ3v) is 3.24. The summed E-state index contributed by atoms with van der Waals surface area (Å²) in [5, 5.41) is 11.3. The first-order valence-corrected chi connectivity index (χ1v) is 5.85. The van der Waals surface area contributed by atoms with E-state index in [1.165, 1.54) is 17.2 Å². The number of aromatic nitrogens is 1. The molecule has 2 rings (SSSR count). The second-order valence-electron chi connectivity index (χ2n) is 4.92. The molecule has 0 spiro atoms. The molecule has 1 aromatic heterocycles. The zero-order valence-corrected chi connectivity index (χ0v) is 11.0. The minimum atomic E-state index is -1.20. The van der Waals surface area contributed by atoms with E-state index < -0.39 is 23.3 Å². The van der Waals surface area contributed by atoms with Crippen molar-refractivity contribution in [3.63, 3.8) is 0 Å². The van der Waals surface area contributed by atoms with Gasteiger partial charge in [0.05, 0.1) is 17.8 Å². The van der Waals surface area contributed by atoms with Crippen LogP contribution < -0.4 is 16.0 Å². The van der Waals surface area contributed by atoms with Crippen LogP contribution >= 0.6 is 0 Å². The van der Waals surface area contributed by atoms with Crippen molar-refractivity contribution >= 4 is 29.3 Å². The number of carboxylic acids is 1. The number of carbonyl (C=O) groups excluding carboxylic acids is 2. The van der Waals surface area contributed by atoms with Gasteiger partial charge >= 0.3 is 5.97 Å². The number of piperazine rings is 1. The van der Waals surface area contributed by atoms with Gasteiger partial charge in [0.15, 0.2) is 5.82 Å². The largest absolute Gasteiger partial charge is 0.478 e. The van der Waals surface area contributed by atoms with Gasteiger partial charge in [0.25, 0.3) is 5.91 Å². The molecule has 106 valence electrons. The zero-order chi connectivity index (χ0) is 15.1. The van der Waals surface area contributed by atoms with Gasteiger partial charge < -0.3 is 15.7 Å². The van der Waals surface area contributed by atoms with E-state index in [1.54, 1.807) is 13.8 Å². The van der Waals surface area contributed by atoms with Crippen molar-refractivity contribution in [2.45, 2.75) is 19.4 Å². The normalized spacial score (nSPS) is 17.8. The van der Waals surface area contributed by atoms with Crippen molar-refractivity contribution in [1.82, 2.24) is 10.3 Å². The van der Waals surface area contributed by atoms with Gasteiger partial charge in [-0.25, -0.2) is 9.78 Å². The minimum Gasteiger partial charge on any atom is -0.478 e. The number of hydrogen-bond acceptors (Lipinski definition) is 6. The number of carbonyl (C=O) groups is 3. The molecule has 1 saturated heterocycles. The average molecular weight is 278 g/mol. The summed E-state index contributed by atoms with van der Waals surface area (Å²) in [6.07, 6.45) is 1.28. The molecule has 20 heavy (non-hydrogen) atoms. The zero-order valence-electron chi connectivity index (χ0n) is 11.0. The van der Waals surface area contributed by atoms with Crippen LogP contribution in [0.4, 0.5) is 11.5 Å². The maximum absolute atomic E-state index is 11.9. The fraction of sp³-hybridized carbons (Fsp3) is 0.333. The van der Waals surface area contributed by atoms with Crippen molar-refractivity contribution in [3.05, 3.63) is 17.8 Å². The average Bonchev–Trinajstić information content (AvgIpc) is 2.34. The molecule has 1 aliphatic heterocycles. The number of anilines is 2. The maximum atomic E-state index is 11.9. The SMILES string of the molecule is CC1(C)C(=O)NC(=O)CN1c1nccc(C(=O)O)c1N. The lowest BCUT2D eigenvalue weighted by Crippen LogP contribution is -2.64. The van der Waals surface area contributed by atoms with E-state index >= 15 is 0 Å². The molecule has 0 atom stereocenters. The summed E-state index contributed by atoms with van der Waals surface area (Å²) < 4.78 is 0. The number of carboxylic acid groups (broad SMARTS) is 1. The number of rotatable bonds is 2. The molecular weight excluding hydrogens is 264 g/mol. The highest BCUT2D eigenvalue weighted by Crippen LogP contribution is 2.31. The highest BCUT2D eigenvalue weighted by Gasteiger charge is 2.42. The standard InChI is InChI=1S/C12H14N4O4/c1-12(2)11(20)15-7(17)5-16(12)9-8(13)6(10(18)19)3-4-14-9/h3-4H,5,13H2,1-2H3,(H,18,19)(H,15,17,20). The van der Waals surface area contributed by atoms with E-state index in [4.69, 9.17) is 10.8 Å². The smallest absolute Gasteiger partial charge is 0.337 e. The molecule has 2 heterocycles. The molecule has 8 nitrogen and oxygen atoms in total. The molecular formula is C12H14N4O4. The summed E-state index contributed by atoms with van der Waals surface area (Å²) >= 11 is 0. The molecule has 2 amide bonds. The lowest BCUT2D eigenvalue weighted by molar-refractivity contribution is -0.135. The van der Waals surface area contributed by atoms with Gasteiger partial charge in [-0.3, -0.25) is 14.9 Å². The second-order valence-corrected chi connectivity index (χ2v) is 4.92. The Bertz CT molecular complexity index is 611. The molecule has 0 unspecified atom stereocenters. The third kappa shape index (κ3) is 2.04. The van der Waals surface area contributed by atoms with Crippen molar-refractivity contribution in [1.29, 1.82) is 0 Å². The van der Waals surface area contributed by atoms with Gasteiger partial charge in [0.2, 0.25) is 5.91 Å². The van der Waals surface area contributed by atoms with Crippen LogP contribution in [-0.2, 0) is 9.59 Å². The summed E-state index contributed by atoms with van der Waals surface area (Å²) in [6.45, 7) is 3.08. The van der Waals surface area contributed by atoms with Crippen LogP contribution in [0.1, 0.15) is 24.2 Å². The van der Waals surface area contributed by atoms with Gasteiger partial charge in [-0.05, 0) is 19.9 Å². The topological polar surface area (TPSA) is 126 Å². The van der Waals surface area contributed by atoms with Crippen LogP contribution in [-0.4, -0.2) is 40.0 Å². The monoisotopic (exact) mass is 278 g/mol. The van der Waals surface area contributed by atoms with Crippen molar-refractivity contribution in [2.24, 2.45) is 0 Å². The molecule has 8 heteroatoms. The molecule has 0 bridgehead atoms. The first-order chi connectivity index (χ1) is 9.25. The third-order valence-electron chi connectivity index (χ3n) is 3.24. The van der Waals surface area contributed by atoms with E-state index in [-0.39, 0.29) is 23.6 Å². The number of aromatic carboxylic acids is 1. The van der Waals surface area contributed by atoms with Crippen LogP contribution in [0.5, 0.6) is 0 Å². The number of amides is 2. The quantitative estimate of drug-likeness (QED) is 0.628. The number of nitrogen functional groups attached to an aromatic ring is 1. The van der Waals surface area contributed by atoms with Gasteiger partial charge in [0.1, 0.15) is 5.54 Å². The first-order valence-electron chi connectivity index (χ1n) is 5.85. The number of nitrogens with one attached hydrogen (secondary N) is 1. The Hall–Kier alpha value is -2.64. The predicted octanol–water partition coefficient (Wildman–Crippen LogP) is -0.397. The van der Waals surface area contributed by atoms with Gasteiger partial charge in [-0.15, -0.1) is 0 Å². The molecule has 0 aliphatic carbocycles. The Morgan fingerprint density at radius 2 is 2.15 bits per heavy atom. The first kappa shape index (κ1) is 13.8. The molecule has 0 aromatic carbocycles. The Morgan fingerprint density at radius 1 is 1.50 bits per heavy atom. The Labute approximate surface area is 114 Å². The minimum absolute atomic E-state index is 0.0735. The van der Waals surface area contributed by atoms with E-state index in [1.807, 2.05) is 0 Å². The van der Waals surface area contributed by atoms with E-state index in [2.05, 4.69) is 10.3 Å². The van der Waals surface area contributed by atoms with Crippen LogP contribution in [0.25, 0.3) is 0 Å². The number of nitrogens with zero attached hydrogens (tertiary/aromatic N) is 2. The van der Waals surface area contributed by atoms with Crippen molar-refractivity contribution in [2.75, 3.05) is 17.2 Å². The van der Waals surface area contributed by atoms with Gasteiger partial charge in [0, 0.05) is 6.20 Å². The highest BCUT2D eigenvalue weighted by molar-refractivity contribution is 6.07. The predicted molar refractivity (Wildman–Crippen MR) is 70.2 cm³/mol. The van der Waals surface area contributed by atoms with E-state index in [0.717, 1.165) is 0 Å². The highest BCUT2D eigenvalue weighted by atomic mass is 16.4. The summed E-state index contributed by atoms with van der Waals surface area (Å²) in [5.74, 6) is -2.07. The number of imide groups is 1. The van der Waals surface area contributed by atoms with Crippen LogP contribution in [0.15, 0.2) is 12.3 Å². The Morgan fingerprint density at radius 3 is 2.75 bits per heavy atom. The molecule has 0 radical (unpaired) electrons. The van der Waals surface area contributed by atoms with Gasteiger partial charge in [-0.1, -0.05) is 0 Å². The number of hydrogen-bond donors (Lipinski definition) is 3. The van der Waals surface area contributed by atoms with E-state index in [9.17, 15) is 14.4 Å². The molecule has 1 fully saturated rings. The van der Waals surface area contributed by atoms with Gasteiger partial charge in [-0.2, -0.15) is 0 Å². The molecule has 0 saturated carbocycles. The van der Waals surface area contributed by atoms with Crippen LogP contribution in [0.2, 0.25) is 0 Å². The summed E-state index contributed by atoms with van der Waals surface area (Å²) in [6, 6.07) is 1.26. The summed E-state index contributed by atoms with van der Waals surface area (Å²) in [7, 11) is 0. The Kier molecular flexibility index (Phi) is 3.09. The Balaban J connectivity index is 2.55. The number of pyridine rings is 1. The van der Waals surface area contributed by atoms with Crippen LogP contribution in [0, 0.1) is 0 Å². The van der Waals surface area contributed by atoms with Crippen LogP contribution in [0.3, 0.4) is 0 Å². The fourth-order valence-electron chi connectivity index (χ4n) is 1.99. The summed E-state index contributed by atoms with van der Waals surface area (Å²) in [5.41, 5.74) is 4.54. The second kappa shape index (κ2) is 4.48. The summed E-state index contributed by atoms with van der Waals surface area (Å²) in [4.78, 5) is 39.9. The lowest BCUT2D eigenvalue weighted by Gasteiger charge is -2.41. The maximum Gasteiger partial charge on any atom is 0.337 e. The molecule has 1 aliphatic rings. The van der Waals surface area contributed by atoms with Crippen molar-refractivity contribution in [3.8, 4) is 0 Å². The molecule has 1 aromatic rings. The number of nitrogens with two attached hydrogens (primary N) is 1. The van der Waals surface area contributed by atoms with Crippen molar-refractivity contribution < 1.29 is 19.5 Å². The van der Waals surface area contributed by atoms with E-state index in [0.29, 0.717) is 0 Å². The molecule has 4 N–H and O–H groups in total. The lowest BCUT2D eigenvalue weighted by atomic mass is 9.98. The fourth-order valence-corrected chi connectivity index (χ4v) is 1.99.